The number of nitrogens with one attached hydrogen (secondary N) is 1. The predicted octanol–water partition coefficient (Wildman–Crippen LogP) is 2.18. The third kappa shape index (κ3) is 3.89. The molecule has 0 fully saturated rings. The van der Waals surface area contributed by atoms with E-state index in [2.05, 4.69) is 5.32 Å². The molecule has 0 saturated heterocycles. The second-order valence-corrected chi connectivity index (χ2v) is 4.91. The number of rotatable bonds is 5. The molecule has 0 saturated carbocycles. The van der Waals surface area contributed by atoms with E-state index in [0.29, 0.717) is 12.0 Å². The molecule has 100 valence electrons. The summed E-state index contributed by atoms with van der Waals surface area (Å²) in [5.41, 5.74) is 0.390. The van der Waals surface area contributed by atoms with Gasteiger partial charge in [0.1, 0.15) is 5.75 Å². The Labute approximate surface area is 112 Å². The number of carbonyl (C=O) groups excluding carboxylic acids is 1. The van der Waals surface area contributed by atoms with Crippen molar-refractivity contribution in [3.8, 4) is 5.75 Å². The number of hydrogen-bond donors (Lipinski definition) is 3. The Bertz CT molecular complexity index is 421. The van der Waals surface area contributed by atoms with Gasteiger partial charge in [-0.05, 0) is 30.5 Å². The van der Waals surface area contributed by atoms with Crippen molar-refractivity contribution in [3.05, 3.63) is 28.8 Å². The minimum Gasteiger partial charge on any atom is -0.506 e. The minimum atomic E-state index is -0.260. The molecule has 4 nitrogen and oxygen atoms in total. The van der Waals surface area contributed by atoms with Crippen LogP contribution in [0.15, 0.2) is 18.2 Å². The Morgan fingerprint density at radius 2 is 2.11 bits per heavy atom. The molecule has 0 bridgehead atoms. The number of benzene rings is 1. The van der Waals surface area contributed by atoms with Gasteiger partial charge in [0.2, 0.25) is 0 Å². The number of phenolic OH excluding ortho intramolecular Hbond substituents is 1. The number of aliphatic hydroxyl groups excluding tert-OH is 1. The van der Waals surface area contributed by atoms with Gasteiger partial charge in [0.15, 0.2) is 0 Å². The SMILES string of the molecule is CC(C)C(CCO)NC(=O)c1ccc(O)c(Cl)c1. The number of hydrogen-bond acceptors (Lipinski definition) is 3. The zero-order valence-corrected chi connectivity index (χ0v) is 11.2. The molecular formula is C13H18ClNO3. The van der Waals surface area contributed by atoms with E-state index in [1.165, 1.54) is 18.2 Å². The molecule has 1 unspecified atom stereocenters. The summed E-state index contributed by atoms with van der Waals surface area (Å²) in [7, 11) is 0. The Kier molecular flexibility index (Phi) is 5.44. The first-order chi connectivity index (χ1) is 8.45. The average molecular weight is 272 g/mol. The smallest absolute Gasteiger partial charge is 0.251 e. The highest BCUT2D eigenvalue weighted by atomic mass is 35.5. The van der Waals surface area contributed by atoms with Crippen LogP contribution in [0, 0.1) is 5.92 Å². The van der Waals surface area contributed by atoms with E-state index in [0.717, 1.165) is 0 Å². The van der Waals surface area contributed by atoms with E-state index in [9.17, 15) is 9.90 Å². The van der Waals surface area contributed by atoms with Gasteiger partial charge in [-0.25, -0.2) is 0 Å². The molecule has 5 heteroatoms. The normalized spacial score (nSPS) is 12.5. The van der Waals surface area contributed by atoms with Crippen molar-refractivity contribution >= 4 is 17.5 Å². The number of aliphatic hydroxyl groups is 1. The van der Waals surface area contributed by atoms with Crippen molar-refractivity contribution < 1.29 is 15.0 Å². The van der Waals surface area contributed by atoms with Crippen LogP contribution in [0.2, 0.25) is 5.02 Å². The van der Waals surface area contributed by atoms with Crippen LogP contribution in [0.25, 0.3) is 0 Å². The standard InChI is InChI=1S/C13H18ClNO3/c1-8(2)11(5-6-16)15-13(18)9-3-4-12(17)10(14)7-9/h3-4,7-8,11,16-17H,5-6H2,1-2H3,(H,15,18). The van der Waals surface area contributed by atoms with E-state index < -0.39 is 0 Å². The molecule has 1 amide bonds. The number of carbonyl (C=O) groups is 1. The van der Waals surface area contributed by atoms with Gasteiger partial charge >= 0.3 is 0 Å². The highest BCUT2D eigenvalue weighted by Gasteiger charge is 2.17. The molecule has 1 aromatic carbocycles. The summed E-state index contributed by atoms with van der Waals surface area (Å²) in [5.74, 6) is -0.0817. The monoisotopic (exact) mass is 271 g/mol. The molecule has 1 rings (SSSR count). The molecule has 3 N–H and O–H groups in total. The van der Waals surface area contributed by atoms with E-state index >= 15 is 0 Å². The maximum Gasteiger partial charge on any atom is 0.251 e. The highest BCUT2D eigenvalue weighted by Crippen LogP contribution is 2.23. The number of amides is 1. The first kappa shape index (κ1) is 14.8. The predicted molar refractivity (Wildman–Crippen MR) is 70.9 cm³/mol. The van der Waals surface area contributed by atoms with Gasteiger partial charge in [-0.3, -0.25) is 4.79 Å². The average Bonchev–Trinajstić information content (AvgIpc) is 2.31. The van der Waals surface area contributed by atoms with Crippen LogP contribution in [0.3, 0.4) is 0 Å². The lowest BCUT2D eigenvalue weighted by molar-refractivity contribution is 0.0916. The lowest BCUT2D eigenvalue weighted by Gasteiger charge is -2.21. The topological polar surface area (TPSA) is 69.6 Å². The number of phenols is 1. The van der Waals surface area contributed by atoms with E-state index in [1.807, 2.05) is 13.8 Å². The van der Waals surface area contributed by atoms with Crippen molar-refractivity contribution in [2.45, 2.75) is 26.3 Å². The molecular weight excluding hydrogens is 254 g/mol. The lowest BCUT2D eigenvalue weighted by atomic mass is 10.0. The van der Waals surface area contributed by atoms with Gasteiger partial charge in [0.05, 0.1) is 5.02 Å². The summed E-state index contributed by atoms with van der Waals surface area (Å²) in [6, 6.07) is 4.22. The summed E-state index contributed by atoms with van der Waals surface area (Å²) < 4.78 is 0. The third-order valence-corrected chi connectivity index (χ3v) is 3.07. The maximum absolute atomic E-state index is 12.0. The minimum absolute atomic E-state index is 0.0272. The molecule has 0 heterocycles. The van der Waals surface area contributed by atoms with E-state index in [4.69, 9.17) is 16.7 Å². The number of aromatic hydroxyl groups is 1. The second kappa shape index (κ2) is 6.61. The molecule has 0 aliphatic rings. The van der Waals surface area contributed by atoms with Crippen LogP contribution in [0.4, 0.5) is 0 Å². The fourth-order valence-corrected chi connectivity index (χ4v) is 1.79. The van der Waals surface area contributed by atoms with Crippen molar-refractivity contribution in [3.63, 3.8) is 0 Å². The van der Waals surface area contributed by atoms with Crippen LogP contribution >= 0.6 is 11.6 Å². The van der Waals surface area contributed by atoms with E-state index in [1.54, 1.807) is 0 Å². The molecule has 0 spiro atoms. The van der Waals surface area contributed by atoms with Crippen LogP contribution < -0.4 is 5.32 Å². The summed E-state index contributed by atoms with van der Waals surface area (Å²) in [6.45, 7) is 3.98. The second-order valence-electron chi connectivity index (χ2n) is 4.50. The van der Waals surface area contributed by atoms with Crippen LogP contribution in [0.1, 0.15) is 30.6 Å². The van der Waals surface area contributed by atoms with Gasteiger partial charge in [0, 0.05) is 18.2 Å². The van der Waals surface area contributed by atoms with Gasteiger partial charge < -0.3 is 15.5 Å². The zero-order valence-electron chi connectivity index (χ0n) is 10.5. The fraction of sp³-hybridized carbons (Fsp3) is 0.462. The van der Waals surface area contributed by atoms with Crippen molar-refractivity contribution in [1.82, 2.24) is 5.32 Å². The third-order valence-electron chi connectivity index (χ3n) is 2.77. The zero-order chi connectivity index (χ0) is 13.7. The largest absolute Gasteiger partial charge is 0.506 e. The van der Waals surface area contributed by atoms with Gasteiger partial charge in [-0.15, -0.1) is 0 Å². The highest BCUT2D eigenvalue weighted by molar-refractivity contribution is 6.32. The molecule has 1 aromatic rings. The molecule has 0 aliphatic heterocycles. The first-order valence-electron chi connectivity index (χ1n) is 5.86. The van der Waals surface area contributed by atoms with E-state index in [-0.39, 0.29) is 35.2 Å². The van der Waals surface area contributed by atoms with Crippen LogP contribution in [-0.4, -0.2) is 28.8 Å². The molecule has 0 radical (unpaired) electrons. The van der Waals surface area contributed by atoms with Crippen molar-refractivity contribution in [2.24, 2.45) is 5.92 Å². The van der Waals surface area contributed by atoms with Crippen LogP contribution in [-0.2, 0) is 0 Å². The number of halogens is 1. The first-order valence-corrected chi connectivity index (χ1v) is 6.23. The molecule has 18 heavy (non-hydrogen) atoms. The Morgan fingerprint density at radius 3 is 2.61 bits per heavy atom. The lowest BCUT2D eigenvalue weighted by Crippen LogP contribution is -2.39. The summed E-state index contributed by atoms with van der Waals surface area (Å²) in [6.07, 6.45) is 0.509. The Balaban J connectivity index is 2.77. The maximum atomic E-state index is 12.0. The quantitative estimate of drug-likeness (QED) is 0.769. The summed E-state index contributed by atoms with van der Waals surface area (Å²) in [5, 5.41) is 21.2. The van der Waals surface area contributed by atoms with Gasteiger partial charge in [-0.2, -0.15) is 0 Å². The van der Waals surface area contributed by atoms with Crippen molar-refractivity contribution in [2.75, 3.05) is 6.61 Å². The van der Waals surface area contributed by atoms with Gasteiger partial charge in [-0.1, -0.05) is 25.4 Å². The summed E-state index contributed by atoms with van der Waals surface area (Å²) >= 11 is 5.75. The Morgan fingerprint density at radius 1 is 1.44 bits per heavy atom. The fourth-order valence-electron chi connectivity index (χ4n) is 1.61. The summed E-state index contributed by atoms with van der Waals surface area (Å²) in [4.78, 5) is 12.0. The molecule has 1 atom stereocenters. The Hall–Kier alpha value is -1.26. The molecule has 0 aromatic heterocycles. The van der Waals surface area contributed by atoms with Gasteiger partial charge in [0.25, 0.3) is 5.91 Å². The van der Waals surface area contributed by atoms with Crippen molar-refractivity contribution in [1.29, 1.82) is 0 Å². The molecule has 0 aliphatic carbocycles. The van der Waals surface area contributed by atoms with Crippen LogP contribution in [0.5, 0.6) is 5.75 Å².